The lowest BCUT2D eigenvalue weighted by atomic mass is 9.97. The number of methoxy groups -OCH3 is 1. The Labute approximate surface area is 217 Å². The number of amides is 1. The van der Waals surface area contributed by atoms with E-state index in [-0.39, 0.29) is 18.8 Å². The Bertz CT molecular complexity index is 995. The first-order valence-corrected chi connectivity index (χ1v) is 12.3. The van der Waals surface area contributed by atoms with E-state index < -0.39 is 29.7 Å². The quantitative estimate of drug-likeness (QED) is 0.296. The standard InChI is InChI=1S/C27H36ClFN2O5/c1-6-35-25(32)24(30-13-14-34-5)17-21(31-26(33)36-27(2,3)4)15-18-7-9-19(10-8-18)22-16-20(28)11-12-23(22)29/h7-12,16,21,24,30H,6,13-15,17H2,1-5H3,(H,31,33)/t21-,24-/m1/s1. The molecular formula is C27H36ClFN2O5. The number of nitrogens with one attached hydrogen (secondary N) is 2. The summed E-state index contributed by atoms with van der Waals surface area (Å²) in [4.78, 5) is 25.1. The molecule has 0 aliphatic rings. The molecule has 0 aliphatic carbocycles. The van der Waals surface area contributed by atoms with E-state index in [9.17, 15) is 14.0 Å². The van der Waals surface area contributed by atoms with E-state index >= 15 is 0 Å². The van der Waals surface area contributed by atoms with Crippen molar-refractivity contribution in [1.82, 2.24) is 10.6 Å². The van der Waals surface area contributed by atoms with Crippen LogP contribution in [0.4, 0.5) is 9.18 Å². The predicted molar refractivity (Wildman–Crippen MR) is 139 cm³/mol. The van der Waals surface area contributed by atoms with Crippen molar-refractivity contribution in [2.45, 2.75) is 58.2 Å². The molecule has 2 atom stereocenters. The normalized spacial score (nSPS) is 13.1. The van der Waals surface area contributed by atoms with E-state index in [4.69, 9.17) is 25.8 Å². The van der Waals surface area contributed by atoms with Crippen LogP contribution in [0.25, 0.3) is 11.1 Å². The number of ether oxygens (including phenoxy) is 3. The molecule has 2 rings (SSSR count). The number of rotatable bonds is 12. The summed E-state index contributed by atoms with van der Waals surface area (Å²) in [5.41, 5.74) is 1.30. The zero-order valence-electron chi connectivity index (χ0n) is 21.5. The van der Waals surface area contributed by atoms with Crippen LogP contribution < -0.4 is 10.6 Å². The van der Waals surface area contributed by atoms with Crippen LogP contribution in [0.3, 0.4) is 0 Å². The summed E-state index contributed by atoms with van der Waals surface area (Å²) in [7, 11) is 1.58. The van der Waals surface area contributed by atoms with Gasteiger partial charge in [-0.1, -0.05) is 35.9 Å². The largest absolute Gasteiger partial charge is 0.465 e. The Morgan fingerprint density at radius 2 is 1.81 bits per heavy atom. The van der Waals surface area contributed by atoms with Crippen LogP contribution in [0, 0.1) is 5.82 Å². The highest BCUT2D eigenvalue weighted by Gasteiger charge is 2.27. The highest BCUT2D eigenvalue weighted by molar-refractivity contribution is 6.30. The first-order chi connectivity index (χ1) is 17.0. The van der Waals surface area contributed by atoms with Gasteiger partial charge in [0.05, 0.1) is 13.2 Å². The van der Waals surface area contributed by atoms with Gasteiger partial charge in [-0.2, -0.15) is 0 Å². The maximum Gasteiger partial charge on any atom is 0.407 e. The molecule has 0 aliphatic heterocycles. The van der Waals surface area contributed by atoms with Crippen LogP contribution in [0.2, 0.25) is 5.02 Å². The van der Waals surface area contributed by atoms with Crippen molar-refractivity contribution in [2.24, 2.45) is 0 Å². The van der Waals surface area contributed by atoms with Gasteiger partial charge in [0.2, 0.25) is 0 Å². The lowest BCUT2D eigenvalue weighted by Crippen LogP contribution is -2.48. The van der Waals surface area contributed by atoms with Gasteiger partial charge in [0.15, 0.2) is 0 Å². The fraction of sp³-hybridized carbons (Fsp3) is 0.481. The van der Waals surface area contributed by atoms with E-state index in [1.165, 1.54) is 12.1 Å². The van der Waals surface area contributed by atoms with Crippen molar-refractivity contribution in [1.29, 1.82) is 0 Å². The molecule has 2 aromatic carbocycles. The monoisotopic (exact) mass is 522 g/mol. The third kappa shape index (κ3) is 10.1. The van der Waals surface area contributed by atoms with Crippen molar-refractivity contribution < 1.29 is 28.2 Å². The number of hydrogen-bond acceptors (Lipinski definition) is 6. The summed E-state index contributed by atoms with van der Waals surface area (Å²) >= 11 is 6.03. The van der Waals surface area contributed by atoms with Gasteiger partial charge >= 0.3 is 12.1 Å². The van der Waals surface area contributed by atoms with Gasteiger partial charge in [-0.15, -0.1) is 0 Å². The molecule has 0 bridgehead atoms. The molecule has 0 saturated carbocycles. The van der Waals surface area contributed by atoms with E-state index in [2.05, 4.69) is 10.6 Å². The van der Waals surface area contributed by atoms with Crippen LogP contribution >= 0.6 is 11.6 Å². The topological polar surface area (TPSA) is 85.9 Å². The first kappa shape index (κ1) is 29.5. The van der Waals surface area contributed by atoms with Crippen molar-refractivity contribution >= 4 is 23.7 Å². The third-order valence-corrected chi connectivity index (χ3v) is 5.42. The molecule has 7 nitrogen and oxygen atoms in total. The number of halogens is 2. The predicted octanol–water partition coefficient (Wildman–Crippen LogP) is 5.14. The lowest BCUT2D eigenvalue weighted by molar-refractivity contribution is -0.146. The van der Waals surface area contributed by atoms with Crippen molar-refractivity contribution in [3.8, 4) is 11.1 Å². The van der Waals surface area contributed by atoms with Gasteiger partial charge in [0.1, 0.15) is 17.5 Å². The Balaban J connectivity index is 2.23. The Hall–Kier alpha value is -2.68. The molecule has 0 heterocycles. The summed E-state index contributed by atoms with van der Waals surface area (Å²) < 4.78 is 30.0. The molecule has 0 unspecified atom stereocenters. The maximum atomic E-state index is 14.3. The summed E-state index contributed by atoms with van der Waals surface area (Å²) in [5.74, 6) is -0.771. The van der Waals surface area contributed by atoms with Crippen LogP contribution in [-0.4, -0.2) is 56.6 Å². The Morgan fingerprint density at radius 3 is 2.42 bits per heavy atom. The van der Waals surface area contributed by atoms with E-state index in [0.717, 1.165) is 5.56 Å². The summed E-state index contributed by atoms with van der Waals surface area (Å²) in [6.07, 6.45) is 0.107. The number of benzene rings is 2. The van der Waals surface area contributed by atoms with E-state index in [1.54, 1.807) is 53.0 Å². The van der Waals surface area contributed by atoms with Gasteiger partial charge in [0.25, 0.3) is 0 Å². The number of carbonyl (C=O) groups is 2. The molecule has 2 aromatic rings. The molecule has 0 saturated heterocycles. The van der Waals surface area contributed by atoms with Crippen LogP contribution in [0.15, 0.2) is 42.5 Å². The summed E-state index contributed by atoms with van der Waals surface area (Å²) in [6, 6.07) is 10.6. The number of esters is 1. The molecule has 9 heteroatoms. The van der Waals surface area contributed by atoms with Crippen molar-refractivity contribution in [3.63, 3.8) is 0 Å². The fourth-order valence-electron chi connectivity index (χ4n) is 3.62. The molecular weight excluding hydrogens is 487 g/mol. The molecule has 36 heavy (non-hydrogen) atoms. The van der Waals surface area contributed by atoms with Gasteiger partial charge in [-0.3, -0.25) is 4.79 Å². The van der Waals surface area contributed by atoms with Gasteiger partial charge < -0.3 is 24.8 Å². The fourth-order valence-corrected chi connectivity index (χ4v) is 3.79. The van der Waals surface area contributed by atoms with Crippen LogP contribution in [-0.2, 0) is 25.4 Å². The van der Waals surface area contributed by atoms with E-state index in [1.807, 2.05) is 12.1 Å². The van der Waals surface area contributed by atoms with Crippen molar-refractivity contribution in [3.05, 3.63) is 58.9 Å². The first-order valence-electron chi connectivity index (χ1n) is 11.9. The molecule has 0 radical (unpaired) electrons. The average Bonchev–Trinajstić information content (AvgIpc) is 2.79. The number of alkyl carbamates (subject to hydrolysis) is 1. The number of carbonyl (C=O) groups excluding carboxylic acids is 2. The molecule has 198 valence electrons. The molecule has 2 N–H and O–H groups in total. The third-order valence-electron chi connectivity index (χ3n) is 5.18. The smallest absolute Gasteiger partial charge is 0.407 e. The van der Waals surface area contributed by atoms with Crippen LogP contribution in [0.5, 0.6) is 0 Å². The van der Waals surface area contributed by atoms with Gasteiger partial charge in [-0.25, -0.2) is 9.18 Å². The van der Waals surface area contributed by atoms with Gasteiger partial charge in [0, 0.05) is 30.3 Å². The molecule has 0 aromatic heterocycles. The molecule has 1 amide bonds. The highest BCUT2D eigenvalue weighted by atomic mass is 35.5. The minimum atomic E-state index is -0.672. The Morgan fingerprint density at radius 1 is 1.11 bits per heavy atom. The number of hydrogen-bond donors (Lipinski definition) is 2. The Kier molecular flexibility index (Phi) is 11.6. The lowest BCUT2D eigenvalue weighted by Gasteiger charge is -2.26. The average molecular weight is 523 g/mol. The second-order valence-electron chi connectivity index (χ2n) is 9.36. The van der Waals surface area contributed by atoms with E-state index in [0.29, 0.717) is 35.7 Å². The minimum Gasteiger partial charge on any atom is -0.465 e. The van der Waals surface area contributed by atoms with Gasteiger partial charge in [-0.05, 0) is 69.9 Å². The summed E-state index contributed by atoms with van der Waals surface area (Å²) in [5, 5.41) is 6.47. The molecule has 0 fully saturated rings. The zero-order chi connectivity index (χ0) is 26.7. The van der Waals surface area contributed by atoms with Crippen molar-refractivity contribution in [2.75, 3.05) is 26.9 Å². The zero-order valence-corrected chi connectivity index (χ0v) is 22.3. The van der Waals surface area contributed by atoms with Crippen LogP contribution in [0.1, 0.15) is 39.7 Å². The molecule has 0 spiro atoms. The summed E-state index contributed by atoms with van der Waals surface area (Å²) in [6.45, 7) is 8.19. The second-order valence-corrected chi connectivity index (χ2v) is 9.79. The SMILES string of the molecule is CCOC(=O)[C@@H](C[C@@H](Cc1ccc(-c2cc(Cl)ccc2F)cc1)NC(=O)OC(C)(C)C)NCCOC. The maximum absolute atomic E-state index is 14.3. The second kappa shape index (κ2) is 14.2. The minimum absolute atomic E-state index is 0.243. The highest BCUT2D eigenvalue weighted by Crippen LogP contribution is 2.26.